The Bertz CT molecular complexity index is 612. The molecule has 0 N–H and O–H groups in total. The van der Waals surface area contributed by atoms with E-state index in [1.165, 1.54) is 0 Å². The maximum atomic E-state index is 5.87. The van der Waals surface area contributed by atoms with Crippen molar-refractivity contribution in [1.82, 2.24) is 15.0 Å². The van der Waals surface area contributed by atoms with Crippen molar-refractivity contribution in [2.24, 2.45) is 5.92 Å². The molecule has 22 heavy (non-hydrogen) atoms. The lowest BCUT2D eigenvalue weighted by Crippen LogP contribution is -2.36. The number of rotatable bonds is 4. The van der Waals surface area contributed by atoms with Crippen LogP contribution < -0.4 is 9.64 Å². The van der Waals surface area contributed by atoms with Gasteiger partial charge in [0.1, 0.15) is 0 Å². The van der Waals surface area contributed by atoms with Gasteiger partial charge < -0.3 is 9.64 Å². The summed E-state index contributed by atoms with van der Waals surface area (Å²) in [5.74, 6) is 2.12. The van der Waals surface area contributed by atoms with E-state index >= 15 is 0 Å². The third-order valence-corrected chi connectivity index (χ3v) is 4.33. The maximum Gasteiger partial charge on any atom is 0.225 e. The molecule has 0 amide bonds. The van der Waals surface area contributed by atoms with Crippen molar-refractivity contribution in [3.05, 3.63) is 40.8 Å². The number of aromatic nitrogens is 3. The number of aryl methyl sites for hydroxylation is 1. The van der Waals surface area contributed by atoms with Crippen LogP contribution in [0.3, 0.4) is 0 Å². The van der Waals surface area contributed by atoms with Crippen molar-refractivity contribution in [3.63, 3.8) is 0 Å². The summed E-state index contributed by atoms with van der Waals surface area (Å²) in [4.78, 5) is 15.2. The zero-order valence-electron chi connectivity index (χ0n) is 12.6. The van der Waals surface area contributed by atoms with Crippen LogP contribution >= 0.6 is 15.9 Å². The summed E-state index contributed by atoms with van der Waals surface area (Å²) in [6.07, 6.45) is 7.54. The Kier molecular flexibility index (Phi) is 4.87. The van der Waals surface area contributed by atoms with Gasteiger partial charge in [-0.05, 0) is 47.7 Å². The minimum atomic E-state index is 0.563. The fraction of sp³-hybridized carbons (Fsp3) is 0.438. The third kappa shape index (κ3) is 3.74. The Labute approximate surface area is 138 Å². The lowest BCUT2D eigenvalue weighted by molar-refractivity contribution is 0.214. The molecule has 0 radical (unpaired) electrons. The van der Waals surface area contributed by atoms with Gasteiger partial charge in [-0.25, -0.2) is 15.0 Å². The van der Waals surface area contributed by atoms with E-state index in [-0.39, 0.29) is 0 Å². The van der Waals surface area contributed by atoms with Crippen LogP contribution in [0.4, 0.5) is 5.95 Å². The number of pyridine rings is 1. The summed E-state index contributed by atoms with van der Waals surface area (Å²) in [7, 11) is 0. The number of piperidine rings is 1. The van der Waals surface area contributed by atoms with Crippen LogP contribution in [0.1, 0.15) is 18.4 Å². The molecule has 1 fully saturated rings. The van der Waals surface area contributed by atoms with Gasteiger partial charge in [-0.1, -0.05) is 6.07 Å². The normalized spacial score (nSPS) is 15.8. The van der Waals surface area contributed by atoms with E-state index in [4.69, 9.17) is 4.74 Å². The molecular weight excluding hydrogens is 344 g/mol. The largest absolute Gasteiger partial charge is 0.477 e. The molecule has 116 valence electrons. The van der Waals surface area contributed by atoms with Crippen LogP contribution in [0.25, 0.3) is 0 Å². The zero-order valence-corrected chi connectivity index (χ0v) is 14.2. The molecule has 1 saturated heterocycles. The Balaban J connectivity index is 1.49. The first-order chi connectivity index (χ1) is 10.7. The Morgan fingerprint density at radius 1 is 1.23 bits per heavy atom. The fourth-order valence-electron chi connectivity index (χ4n) is 2.59. The highest BCUT2D eigenvalue weighted by atomic mass is 79.9. The summed E-state index contributed by atoms with van der Waals surface area (Å²) >= 11 is 3.36. The molecule has 3 heterocycles. The molecule has 0 bridgehead atoms. The van der Waals surface area contributed by atoms with E-state index in [2.05, 4.69) is 35.8 Å². The number of anilines is 1. The van der Waals surface area contributed by atoms with Crippen LogP contribution in [0.5, 0.6) is 5.88 Å². The van der Waals surface area contributed by atoms with Crippen LogP contribution in [0.15, 0.2) is 35.2 Å². The molecule has 6 heteroatoms. The number of ether oxygens (including phenoxy) is 1. The second-order valence-corrected chi connectivity index (χ2v) is 6.48. The molecule has 2 aromatic rings. The van der Waals surface area contributed by atoms with E-state index in [0.29, 0.717) is 5.92 Å². The summed E-state index contributed by atoms with van der Waals surface area (Å²) in [6.45, 7) is 4.69. The number of hydrogen-bond donors (Lipinski definition) is 0. The topological polar surface area (TPSA) is 51.1 Å². The van der Waals surface area contributed by atoms with Crippen molar-refractivity contribution >= 4 is 21.9 Å². The van der Waals surface area contributed by atoms with Gasteiger partial charge in [-0.3, -0.25) is 0 Å². The predicted octanol–water partition coefficient (Wildman–Crippen LogP) is 3.24. The van der Waals surface area contributed by atoms with Gasteiger partial charge in [0.2, 0.25) is 11.8 Å². The molecule has 0 aliphatic carbocycles. The number of halogens is 1. The van der Waals surface area contributed by atoms with Gasteiger partial charge in [-0.2, -0.15) is 0 Å². The maximum absolute atomic E-state index is 5.87. The second kappa shape index (κ2) is 7.05. The predicted molar refractivity (Wildman–Crippen MR) is 89.1 cm³/mol. The average molecular weight is 363 g/mol. The molecule has 5 nitrogen and oxygen atoms in total. The quantitative estimate of drug-likeness (QED) is 0.835. The summed E-state index contributed by atoms with van der Waals surface area (Å²) in [5, 5.41) is 0. The molecule has 1 aliphatic heterocycles. The highest BCUT2D eigenvalue weighted by Gasteiger charge is 2.21. The van der Waals surface area contributed by atoms with Crippen molar-refractivity contribution in [2.75, 3.05) is 24.6 Å². The van der Waals surface area contributed by atoms with E-state index < -0.39 is 0 Å². The molecule has 0 atom stereocenters. The van der Waals surface area contributed by atoms with Gasteiger partial charge in [0.05, 0.1) is 11.1 Å². The van der Waals surface area contributed by atoms with Gasteiger partial charge in [-0.15, -0.1) is 0 Å². The second-order valence-electron chi connectivity index (χ2n) is 5.57. The Hall–Kier alpha value is -1.69. The summed E-state index contributed by atoms with van der Waals surface area (Å²) in [6, 6.07) is 3.95. The molecule has 1 aliphatic rings. The van der Waals surface area contributed by atoms with E-state index in [9.17, 15) is 0 Å². The number of hydrogen-bond acceptors (Lipinski definition) is 5. The van der Waals surface area contributed by atoms with Crippen molar-refractivity contribution in [2.45, 2.75) is 19.8 Å². The lowest BCUT2D eigenvalue weighted by Gasteiger charge is -2.31. The molecular formula is C16H19BrN4O. The molecule has 3 rings (SSSR count). The molecule has 0 saturated carbocycles. The van der Waals surface area contributed by atoms with Crippen LogP contribution in [-0.4, -0.2) is 34.6 Å². The average Bonchev–Trinajstić information content (AvgIpc) is 2.55. The summed E-state index contributed by atoms with van der Waals surface area (Å²) < 4.78 is 6.77. The van der Waals surface area contributed by atoms with Crippen LogP contribution in [0.2, 0.25) is 0 Å². The van der Waals surface area contributed by atoms with Crippen molar-refractivity contribution < 1.29 is 4.74 Å². The van der Waals surface area contributed by atoms with Gasteiger partial charge >= 0.3 is 0 Å². The lowest BCUT2D eigenvalue weighted by atomic mass is 9.98. The first-order valence-corrected chi connectivity index (χ1v) is 8.28. The van der Waals surface area contributed by atoms with Crippen LogP contribution in [-0.2, 0) is 0 Å². The monoisotopic (exact) mass is 362 g/mol. The highest BCUT2D eigenvalue weighted by Crippen LogP contribution is 2.22. The smallest absolute Gasteiger partial charge is 0.225 e. The molecule has 0 spiro atoms. The van der Waals surface area contributed by atoms with Crippen LogP contribution in [0, 0.1) is 12.8 Å². The van der Waals surface area contributed by atoms with E-state index in [1.807, 2.05) is 19.1 Å². The fourth-order valence-corrected chi connectivity index (χ4v) is 2.79. The number of nitrogens with zero attached hydrogens (tertiary/aromatic N) is 4. The highest BCUT2D eigenvalue weighted by molar-refractivity contribution is 9.10. The van der Waals surface area contributed by atoms with Gasteiger partial charge in [0.15, 0.2) is 0 Å². The Morgan fingerprint density at radius 3 is 2.64 bits per heavy atom. The standard InChI is InChI=1S/C16H19BrN4O/c1-12-3-2-6-18-15(12)22-11-13-4-7-21(8-5-13)16-19-9-14(17)10-20-16/h2-3,6,9-10,13H,4-5,7-8,11H2,1H3. The first kappa shape index (κ1) is 15.2. The van der Waals surface area contributed by atoms with E-state index in [0.717, 1.165) is 54.4 Å². The van der Waals surface area contributed by atoms with E-state index in [1.54, 1.807) is 18.6 Å². The SMILES string of the molecule is Cc1cccnc1OCC1CCN(c2ncc(Br)cn2)CC1. The van der Waals surface area contributed by atoms with Crippen molar-refractivity contribution in [1.29, 1.82) is 0 Å². The first-order valence-electron chi connectivity index (χ1n) is 7.49. The third-order valence-electron chi connectivity index (χ3n) is 3.92. The minimum absolute atomic E-state index is 0.563. The Morgan fingerprint density at radius 2 is 1.95 bits per heavy atom. The minimum Gasteiger partial charge on any atom is -0.477 e. The van der Waals surface area contributed by atoms with Gasteiger partial charge in [0.25, 0.3) is 0 Å². The molecule has 2 aromatic heterocycles. The zero-order chi connectivity index (χ0) is 15.4. The molecule has 0 aromatic carbocycles. The summed E-state index contributed by atoms with van der Waals surface area (Å²) in [5.41, 5.74) is 1.09. The van der Waals surface area contributed by atoms with Gasteiger partial charge in [0, 0.05) is 37.2 Å². The molecule has 0 unspecified atom stereocenters. The van der Waals surface area contributed by atoms with Crippen molar-refractivity contribution in [3.8, 4) is 5.88 Å².